The average molecular weight is 305 g/mol. The summed E-state index contributed by atoms with van der Waals surface area (Å²) < 4.78 is 10.8. The van der Waals surface area contributed by atoms with Crippen LogP contribution in [0.3, 0.4) is 0 Å². The summed E-state index contributed by atoms with van der Waals surface area (Å²) in [4.78, 5) is 2.18. The molecule has 0 fully saturated rings. The molecular weight excluding hydrogens is 286 g/mol. The summed E-state index contributed by atoms with van der Waals surface area (Å²) >= 11 is 0. The molecule has 3 aromatic rings. The molecule has 0 radical (unpaired) electrons. The number of nitrogens with zero attached hydrogens (tertiary/aromatic N) is 1. The second-order valence-corrected chi connectivity index (χ2v) is 5.05. The van der Waals surface area contributed by atoms with Crippen LogP contribution in [0.25, 0.3) is 0 Å². The molecule has 0 aliphatic carbocycles. The van der Waals surface area contributed by atoms with Crippen molar-refractivity contribution in [3.63, 3.8) is 0 Å². The van der Waals surface area contributed by atoms with E-state index in [0.29, 0.717) is 5.75 Å². The van der Waals surface area contributed by atoms with Crippen molar-refractivity contribution in [2.45, 2.75) is 0 Å². The Balaban J connectivity index is 2.13. The van der Waals surface area contributed by atoms with Crippen molar-refractivity contribution in [3.05, 3.63) is 78.9 Å². The van der Waals surface area contributed by atoms with Crippen LogP contribution in [0.2, 0.25) is 0 Å². The van der Waals surface area contributed by atoms with Crippen molar-refractivity contribution >= 4 is 17.1 Å². The largest absolute Gasteiger partial charge is 0.493 e. The Hall–Kier alpha value is -2.94. The molecule has 3 aromatic carbocycles. The van der Waals surface area contributed by atoms with Gasteiger partial charge in [-0.25, -0.2) is 0 Å². The van der Waals surface area contributed by atoms with Crippen molar-refractivity contribution < 1.29 is 9.47 Å². The highest BCUT2D eigenvalue weighted by Gasteiger charge is 2.14. The topological polar surface area (TPSA) is 21.7 Å². The predicted molar refractivity (Wildman–Crippen MR) is 94.2 cm³/mol. The van der Waals surface area contributed by atoms with Gasteiger partial charge in [0.25, 0.3) is 0 Å². The minimum atomic E-state index is 0.710. The van der Waals surface area contributed by atoms with Gasteiger partial charge in [0.15, 0.2) is 11.5 Å². The van der Waals surface area contributed by atoms with E-state index in [0.717, 1.165) is 22.8 Å². The smallest absolute Gasteiger partial charge is 0.162 e. The lowest BCUT2D eigenvalue weighted by Crippen LogP contribution is -2.09. The molecule has 0 spiro atoms. The Morgan fingerprint density at radius 2 is 1.09 bits per heavy atom. The summed E-state index contributed by atoms with van der Waals surface area (Å²) in [6.07, 6.45) is 0. The molecule has 0 saturated heterocycles. The third kappa shape index (κ3) is 3.14. The maximum atomic E-state index is 5.45. The van der Waals surface area contributed by atoms with Gasteiger partial charge in [0.1, 0.15) is 0 Å². The molecule has 0 saturated carbocycles. The Kier molecular flexibility index (Phi) is 4.48. The lowest BCUT2D eigenvalue weighted by atomic mass is 10.2. The summed E-state index contributed by atoms with van der Waals surface area (Å²) in [7, 11) is 3.29. The fourth-order valence-electron chi connectivity index (χ4n) is 2.57. The van der Waals surface area contributed by atoms with Gasteiger partial charge in [-0.05, 0) is 36.4 Å². The van der Waals surface area contributed by atoms with Gasteiger partial charge in [-0.1, -0.05) is 36.4 Å². The second kappa shape index (κ2) is 6.88. The average Bonchev–Trinajstić information content (AvgIpc) is 2.63. The second-order valence-electron chi connectivity index (χ2n) is 5.05. The van der Waals surface area contributed by atoms with Gasteiger partial charge in [0.2, 0.25) is 0 Å². The van der Waals surface area contributed by atoms with Crippen LogP contribution in [0.15, 0.2) is 78.9 Å². The monoisotopic (exact) mass is 305 g/mol. The standard InChI is InChI=1S/C20H19NO2/c1-22-19-14-13-18(15-20(19)23-2)21(16-9-5-3-6-10-16)17-11-7-4-8-12-17/h3-15H,1-2H3. The van der Waals surface area contributed by atoms with Crippen LogP contribution in [-0.2, 0) is 0 Å². The van der Waals surface area contributed by atoms with Crippen molar-refractivity contribution in [1.82, 2.24) is 0 Å². The van der Waals surface area contributed by atoms with Crippen LogP contribution < -0.4 is 14.4 Å². The van der Waals surface area contributed by atoms with Crippen LogP contribution in [0.4, 0.5) is 17.1 Å². The maximum Gasteiger partial charge on any atom is 0.162 e. The van der Waals surface area contributed by atoms with E-state index in [4.69, 9.17) is 9.47 Å². The van der Waals surface area contributed by atoms with E-state index in [9.17, 15) is 0 Å². The minimum Gasteiger partial charge on any atom is -0.493 e. The number of anilines is 3. The maximum absolute atomic E-state index is 5.45. The quantitative estimate of drug-likeness (QED) is 0.649. The summed E-state index contributed by atoms with van der Waals surface area (Å²) in [6.45, 7) is 0. The molecule has 0 heterocycles. The van der Waals surface area contributed by atoms with E-state index in [1.54, 1.807) is 14.2 Å². The van der Waals surface area contributed by atoms with Crippen molar-refractivity contribution in [2.75, 3.05) is 19.1 Å². The lowest BCUT2D eigenvalue weighted by Gasteiger charge is -2.26. The highest BCUT2D eigenvalue weighted by atomic mass is 16.5. The molecule has 0 bridgehead atoms. The van der Waals surface area contributed by atoms with E-state index < -0.39 is 0 Å². The number of benzene rings is 3. The lowest BCUT2D eigenvalue weighted by molar-refractivity contribution is 0.355. The molecule has 0 aliphatic rings. The summed E-state index contributed by atoms with van der Waals surface area (Å²) in [5, 5.41) is 0. The Morgan fingerprint density at radius 1 is 0.565 bits per heavy atom. The van der Waals surface area contributed by atoms with Crippen LogP contribution in [0.5, 0.6) is 11.5 Å². The number of methoxy groups -OCH3 is 2. The molecule has 0 amide bonds. The van der Waals surface area contributed by atoms with Crippen molar-refractivity contribution in [1.29, 1.82) is 0 Å². The van der Waals surface area contributed by atoms with E-state index in [2.05, 4.69) is 29.2 Å². The highest BCUT2D eigenvalue weighted by Crippen LogP contribution is 2.38. The summed E-state index contributed by atoms with van der Waals surface area (Å²) in [5.41, 5.74) is 3.19. The van der Waals surface area contributed by atoms with Gasteiger partial charge < -0.3 is 14.4 Å². The number of hydrogen-bond donors (Lipinski definition) is 0. The molecule has 23 heavy (non-hydrogen) atoms. The first-order chi connectivity index (χ1) is 11.3. The van der Waals surface area contributed by atoms with E-state index in [1.807, 2.05) is 54.6 Å². The predicted octanol–water partition coefficient (Wildman–Crippen LogP) is 5.17. The first-order valence-corrected chi connectivity index (χ1v) is 7.45. The van der Waals surface area contributed by atoms with Gasteiger partial charge in [-0.3, -0.25) is 0 Å². The SMILES string of the molecule is COc1ccc(N(c2ccccc2)c2ccccc2)cc1OC. The third-order valence-electron chi connectivity index (χ3n) is 3.65. The van der Waals surface area contributed by atoms with E-state index in [1.165, 1.54) is 0 Å². The number of hydrogen-bond acceptors (Lipinski definition) is 3. The van der Waals surface area contributed by atoms with Gasteiger partial charge in [0.05, 0.1) is 19.9 Å². The number of rotatable bonds is 5. The molecule has 3 nitrogen and oxygen atoms in total. The van der Waals surface area contributed by atoms with Gasteiger partial charge >= 0.3 is 0 Å². The molecule has 3 rings (SSSR count). The summed E-state index contributed by atoms with van der Waals surface area (Å²) in [6, 6.07) is 26.5. The zero-order valence-corrected chi connectivity index (χ0v) is 13.3. The fourth-order valence-corrected chi connectivity index (χ4v) is 2.57. The highest BCUT2D eigenvalue weighted by molar-refractivity contribution is 5.77. The first kappa shape index (κ1) is 15.0. The Bertz CT molecular complexity index is 718. The molecule has 3 heteroatoms. The Labute approximate surface area is 136 Å². The zero-order valence-electron chi connectivity index (χ0n) is 13.3. The molecule has 0 atom stereocenters. The third-order valence-corrected chi connectivity index (χ3v) is 3.65. The van der Waals surface area contributed by atoms with Gasteiger partial charge in [-0.2, -0.15) is 0 Å². The van der Waals surface area contributed by atoms with Crippen LogP contribution in [0.1, 0.15) is 0 Å². The Morgan fingerprint density at radius 3 is 1.57 bits per heavy atom. The molecule has 0 unspecified atom stereocenters. The van der Waals surface area contributed by atoms with Crippen LogP contribution in [0, 0.1) is 0 Å². The van der Waals surface area contributed by atoms with Crippen molar-refractivity contribution in [3.8, 4) is 11.5 Å². The zero-order chi connectivity index (χ0) is 16.1. The van der Waals surface area contributed by atoms with Gasteiger partial charge in [-0.15, -0.1) is 0 Å². The number of para-hydroxylation sites is 2. The van der Waals surface area contributed by atoms with Crippen molar-refractivity contribution in [2.24, 2.45) is 0 Å². The normalized spacial score (nSPS) is 10.2. The molecule has 116 valence electrons. The molecule has 0 N–H and O–H groups in total. The van der Waals surface area contributed by atoms with E-state index in [-0.39, 0.29) is 0 Å². The molecule has 0 aromatic heterocycles. The van der Waals surface area contributed by atoms with Crippen LogP contribution >= 0.6 is 0 Å². The van der Waals surface area contributed by atoms with Crippen LogP contribution in [-0.4, -0.2) is 14.2 Å². The fraction of sp³-hybridized carbons (Fsp3) is 0.100. The summed E-state index contributed by atoms with van der Waals surface area (Å²) in [5.74, 6) is 1.43. The van der Waals surface area contributed by atoms with E-state index >= 15 is 0 Å². The number of ether oxygens (including phenoxy) is 2. The molecular formula is C20H19NO2. The first-order valence-electron chi connectivity index (χ1n) is 7.45. The minimum absolute atomic E-state index is 0.710. The van der Waals surface area contributed by atoms with Gasteiger partial charge in [0, 0.05) is 17.4 Å². The molecule has 0 aliphatic heterocycles.